The maximum absolute atomic E-state index is 12.2. The molecule has 24 heavy (non-hydrogen) atoms. The van der Waals surface area contributed by atoms with Crippen LogP contribution in [0, 0.1) is 0 Å². The van der Waals surface area contributed by atoms with Crippen LogP contribution in [0.15, 0.2) is 53.5 Å². The fourth-order valence-corrected chi connectivity index (χ4v) is 1.94. The minimum absolute atomic E-state index is 0.0473. The molecule has 2 aromatic rings. The van der Waals surface area contributed by atoms with Crippen LogP contribution in [0.5, 0.6) is 0 Å². The zero-order valence-electron chi connectivity index (χ0n) is 13.2. The van der Waals surface area contributed by atoms with Crippen molar-refractivity contribution in [2.24, 2.45) is 16.5 Å². The van der Waals surface area contributed by atoms with Crippen LogP contribution >= 0.6 is 0 Å². The van der Waals surface area contributed by atoms with Crippen molar-refractivity contribution in [1.82, 2.24) is 0 Å². The number of nitrogens with two attached hydrogens (primary N) is 2. The van der Waals surface area contributed by atoms with Gasteiger partial charge in [0.05, 0.1) is 17.9 Å². The van der Waals surface area contributed by atoms with Gasteiger partial charge in [-0.25, -0.2) is 9.79 Å². The van der Waals surface area contributed by atoms with Crippen LogP contribution in [0.2, 0.25) is 0 Å². The quantitative estimate of drug-likeness (QED) is 0.441. The molecule has 0 aromatic heterocycles. The van der Waals surface area contributed by atoms with Crippen molar-refractivity contribution in [3.05, 3.63) is 59.7 Å². The molecular weight excluding hydrogens is 308 g/mol. The van der Waals surface area contributed by atoms with Gasteiger partial charge in [0, 0.05) is 11.3 Å². The van der Waals surface area contributed by atoms with Crippen molar-refractivity contribution in [2.75, 3.05) is 11.9 Å². The summed E-state index contributed by atoms with van der Waals surface area (Å²) in [5, 5.41) is 2.74. The smallest absolute Gasteiger partial charge is 0.338 e. The Morgan fingerprint density at radius 2 is 1.58 bits per heavy atom. The van der Waals surface area contributed by atoms with E-state index in [0.29, 0.717) is 29.1 Å². The Kier molecular flexibility index (Phi) is 5.51. The Morgan fingerprint density at radius 3 is 2.12 bits per heavy atom. The monoisotopic (exact) mass is 326 g/mol. The van der Waals surface area contributed by atoms with Crippen LogP contribution in [0.4, 0.5) is 11.4 Å². The molecule has 2 aromatic carbocycles. The second-order valence-electron chi connectivity index (χ2n) is 4.84. The lowest BCUT2D eigenvalue weighted by Gasteiger charge is -2.07. The van der Waals surface area contributed by atoms with Crippen molar-refractivity contribution in [2.45, 2.75) is 6.92 Å². The Morgan fingerprint density at radius 1 is 1.00 bits per heavy atom. The van der Waals surface area contributed by atoms with Crippen molar-refractivity contribution in [3.63, 3.8) is 0 Å². The first kappa shape index (κ1) is 17.0. The molecule has 7 nitrogen and oxygen atoms in total. The van der Waals surface area contributed by atoms with Crippen LogP contribution in [-0.4, -0.2) is 24.4 Å². The Balaban J connectivity index is 2.04. The Hall–Kier alpha value is -3.35. The number of amides is 1. The second kappa shape index (κ2) is 7.77. The highest BCUT2D eigenvalue weighted by atomic mass is 16.5. The van der Waals surface area contributed by atoms with Crippen molar-refractivity contribution < 1.29 is 14.3 Å². The van der Waals surface area contributed by atoms with E-state index in [0.717, 1.165) is 0 Å². The Labute approximate surface area is 139 Å². The maximum Gasteiger partial charge on any atom is 0.338 e. The molecular formula is C17H18N4O3. The standard InChI is InChI=1S/C17H18N4O3/c1-2-24-16(23)12-5-9-13(10-6-12)20-15(22)11-3-7-14(8-4-11)21-17(18)19/h3-10H,2H2,1H3,(H,20,22)(H4,18,19,21). The second-order valence-corrected chi connectivity index (χ2v) is 4.84. The van der Waals surface area contributed by atoms with E-state index in [2.05, 4.69) is 10.3 Å². The first-order chi connectivity index (χ1) is 11.5. The van der Waals surface area contributed by atoms with Gasteiger partial charge >= 0.3 is 5.97 Å². The number of ether oxygens (including phenoxy) is 1. The molecule has 1 amide bonds. The molecule has 0 aliphatic heterocycles. The van der Waals surface area contributed by atoms with E-state index in [-0.39, 0.29) is 11.9 Å². The van der Waals surface area contributed by atoms with E-state index >= 15 is 0 Å². The Bertz CT molecular complexity index is 748. The largest absolute Gasteiger partial charge is 0.462 e. The van der Waals surface area contributed by atoms with E-state index in [1.807, 2.05) is 0 Å². The van der Waals surface area contributed by atoms with E-state index < -0.39 is 5.97 Å². The van der Waals surface area contributed by atoms with Crippen LogP contribution < -0.4 is 16.8 Å². The number of carbonyl (C=O) groups excluding carboxylic acids is 2. The number of carbonyl (C=O) groups is 2. The summed E-state index contributed by atoms with van der Waals surface area (Å²) in [5.41, 5.74) is 12.6. The average molecular weight is 326 g/mol. The topological polar surface area (TPSA) is 120 Å². The third-order valence-corrected chi connectivity index (χ3v) is 3.04. The number of esters is 1. The number of nitrogens with zero attached hydrogens (tertiary/aromatic N) is 1. The summed E-state index contributed by atoms with van der Waals surface area (Å²) < 4.78 is 4.90. The number of hydrogen-bond donors (Lipinski definition) is 3. The summed E-state index contributed by atoms with van der Waals surface area (Å²) in [4.78, 5) is 27.6. The van der Waals surface area contributed by atoms with Gasteiger partial charge in [-0.1, -0.05) is 0 Å². The number of nitrogens with one attached hydrogen (secondary N) is 1. The van der Waals surface area contributed by atoms with Gasteiger partial charge in [0.2, 0.25) is 0 Å². The number of anilines is 1. The van der Waals surface area contributed by atoms with E-state index in [1.54, 1.807) is 55.5 Å². The van der Waals surface area contributed by atoms with Crippen LogP contribution in [0.1, 0.15) is 27.6 Å². The number of aliphatic imine (C=N–C) groups is 1. The number of rotatable bonds is 5. The highest BCUT2D eigenvalue weighted by molar-refractivity contribution is 6.04. The van der Waals surface area contributed by atoms with Gasteiger partial charge in [-0.05, 0) is 55.5 Å². The minimum atomic E-state index is -0.398. The molecule has 5 N–H and O–H groups in total. The molecule has 124 valence electrons. The molecule has 0 aliphatic rings. The van der Waals surface area contributed by atoms with Gasteiger partial charge in [-0.3, -0.25) is 4.79 Å². The first-order valence-electron chi connectivity index (χ1n) is 7.28. The summed E-state index contributed by atoms with van der Waals surface area (Å²) >= 11 is 0. The van der Waals surface area contributed by atoms with Crippen molar-refractivity contribution in [1.29, 1.82) is 0 Å². The highest BCUT2D eigenvalue weighted by Crippen LogP contribution is 2.15. The predicted octanol–water partition coefficient (Wildman–Crippen LogP) is 2.02. The molecule has 0 saturated carbocycles. The summed E-state index contributed by atoms with van der Waals surface area (Å²) in [6.07, 6.45) is 0. The number of hydrogen-bond acceptors (Lipinski definition) is 4. The molecule has 0 radical (unpaired) electrons. The van der Waals surface area contributed by atoms with Crippen molar-refractivity contribution >= 4 is 29.2 Å². The summed E-state index contributed by atoms with van der Waals surface area (Å²) in [6, 6.07) is 13.0. The maximum atomic E-state index is 12.2. The minimum Gasteiger partial charge on any atom is -0.462 e. The van der Waals surface area contributed by atoms with E-state index in [9.17, 15) is 9.59 Å². The van der Waals surface area contributed by atoms with Crippen LogP contribution in [-0.2, 0) is 4.74 Å². The molecule has 0 saturated heterocycles. The lowest BCUT2D eigenvalue weighted by atomic mass is 10.1. The fourth-order valence-electron chi connectivity index (χ4n) is 1.94. The number of guanidine groups is 1. The summed E-state index contributed by atoms with van der Waals surface area (Å²) in [7, 11) is 0. The molecule has 0 bridgehead atoms. The first-order valence-corrected chi connectivity index (χ1v) is 7.28. The van der Waals surface area contributed by atoms with Gasteiger partial charge < -0.3 is 21.5 Å². The fraction of sp³-hybridized carbons (Fsp3) is 0.118. The normalized spacial score (nSPS) is 9.88. The van der Waals surface area contributed by atoms with E-state index in [1.165, 1.54) is 0 Å². The van der Waals surface area contributed by atoms with Crippen LogP contribution in [0.25, 0.3) is 0 Å². The molecule has 0 fully saturated rings. The summed E-state index contributed by atoms with van der Waals surface area (Å²) in [6.45, 7) is 2.05. The third-order valence-electron chi connectivity index (χ3n) is 3.04. The molecule has 7 heteroatoms. The third kappa shape index (κ3) is 4.57. The van der Waals surface area contributed by atoms with Crippen LogP contribution in [0.3, 0.4) is 0 Å². The van der Waals surface area contributed by atoms with Gasteiger partial charge in [0.1, 0.15) is 0 Å². The van der Waals surface area contributed by atoms with Gasteiger partial charge in [0.25, 0.3) is 5.91 Å². The molecule has 0 aliphatic carbocycles. The lowest BCUT2D eigenvalue weighted by Crippen LogP contribution is -2.21. The lowest BCUT2D eigenvalue weighted by molar-refractivity contribution is 0.0526. The molecule has 2 rings (SSSR count). The SMILES string of the molecule is CCOC(=O)c1ccc(NC(=O)c2ccc(N=C(N)N)cc2)cc1. The predicted molar refractivity (Wildman–Crippen MR) is 92.3 cm³/mol. The summed E-state index contributed by atoms with van der Waals surface area (Å²) in [5.74, 6) is -0.727. The highest BCUT2D eigenvalue weighted by Gasteiger charge is 2.08. The molecule has 0 heterocycles. The zero-order chi connectivity index (χ0) is 17.5. The van der Waals surface area contributed by atoms with E-state index in [4.69, 9.17) is 16.2 Å². The molecule has 0 spiro atoms. The van der Waals surface area contributed by atoms with Crippen molar-refractivity contribution in [3.8, 4) is 0 Å². The zero-order valence-corrected chi connectivity index (χ0v) is 13.2. The van der Waals surface area contributed by atoms with Gasteiger partial charge in [-0.15, -0.1) is 0 Å². The average Bonchev–Trinajstić information content (AvgIpc) is 2.56. The molecule has 0 atom stereocenters. The van der Waals surface area contributed by atoms with Gasteiger partial charge in [0.15, 0.2) is 5.96 Å². The van der Waals surface area contributed by atoms with Gasteiger partial charge in [-0.2, -0.15) is 0 Å². The number of benzene rings is 2. The molecule has 0 unspecified atom stereocenters.